The summed E-state index contributed by atoms with van der Waals surface area (Å²) in [6, 6.07) is 8.82. The minimum Gasteiger partial charge on any atom is -0.459 e. The van der Waals surface area contributed by atoms with Gasteiger partial charge in [-0.25, -0.2) is 0 Å². The molecule has 0 saturated carbocycles. The second kappa shape index (κ2) is 5.56. The van der Waals surface area contributed by atoms with E-state index >= 15 is 0 Å². The molecule has 3 rings (SSSR count). The van der Waals surface area contributed by atoms with Gasteiger partial charge in [0.2, 0.25) is 0 Å². The molecule has 108 valence electrons. The molecule has 1 aromatic heterocycles. The summed E-state index contributed by atoms with van der Waals surface area (Å²) in [5.74, 6) is 0.929. The molecule has 0 bridgehead atoms. The van der Waals surface area contributed by atoms with Crippen LogP contribution in [-0.4, -0.2) is 42.5 Å². The van der Waals surface area contributed by atoms with Crippen molar-refractivity contribution in [3.63, 3.8) is 0 Å². The second-order valence-corrected chi connectivity index (χ2v) is 5.77. The van der Waals surface area contributed by atoms with Crippen molar-refractivity contribution in [2.45, 2.75) is 26.1 Å². The van der Waals surface area contributed by atoms with Gasteiger partial charge in [-0.15, -0.1) is 0 Å². The van der Waals surface area contributed by atoms with Crippen molar-refractivity contribution in [2.24, 2.45) is 5.73 Å². The van der Waals surface area contributed by atoms with Crippen LogP contribution in [0, 0.1) is 0 Å². The molecule has 20 heavy (non-hydrogen) atoms. The van der Waals surface area contributed by atoms with Crippen molar-refractivity contribution in [3.8, 4) is 0 Å². The molecule has 4 heteroatoms. The van der Waals surface area contributed by atoms with E-state index in [1.807, 2.05) is 12.1 Å². The summed E-state index contributed by atoms with van der Waals surface area (Å²) in [6.07, 6.45) is 0. The largest absolute Gasteiger partial charge is 0.459 e. The van der Waals surface area contributed by atoms with Crippen LogP contribution in [-0.2, 0) is 13.1 Å². The van der Waals surface area contributed by atoms with Crippen molar-refractivity contribution in [3.05, 3.63) is 35.6 Å². The number of rotatable bonds is 3. The number of hydrogen-bond acceptors (Lipinski definition) is 4. The highest BCUT2D eigenvalue weighted by Crippen LogP contribution is 2.27. The lowest BCUT2D eigenvalue weighted by Crippen LogP contribution is -2.49. The molecular formula is C16H23N3O. The molecular weight excluding hydrogens is 250 g/mol. The summed E-state index contributed by atoms with van der Waals surface area (Å²) in [5, 5.41) is 1.21. The molecule has 1 saturated heterocycles. The molecule has 0 spiro atoms. The molecule has 1 fully saturated rings. The van der Waals surface area contributed by atoms with Gasteiger partial charge in [0.25, 0.3) is 0 Å². The molecule has 2 heterocycles. The van der Waals surface area contributed by atoms with Gasteiger partial charge >= 0.3 is 0 Å². The van der Waals surface area contributed by atoms with Gasteiger partial charge in [0.05, 0.1) is 6.54 Å². The Morgan fingerprint density at radius 2 is 2.10 bits per heavy atom. The summed E-state index contributed by atoms with van der Waals surface area (Å²) < 4.78 is 5.88. The van der Waals surface area contributed by atoms with Gasteiger partial charge in [-0.05, 0) is 20.0 Å². The highest BCUT2D eigenvalue weighted by molar-refractivity contribution is 5.82. The van der Waals surface area contributed by atoms with E-state index in [1.165, 1.54) is 10.9 Å². The number of piperazine rings is 1. The number of para-hydroxylation sites is 1. The van der Waals surface area contributed by atoms with Gasteiger partial charge in [-0.3, -0.25) is 4.90 Å². The number of nitrogens with two attached hydrogens (primary N) is 1. The Morgan fingerprint density at radius 1 is 1.30 bits per heavy atom. The molecule has 1 unspecified atom stereocenters. The lowest BCUT2D eigenvalue weighted by atomic mass is 10.1. The van der Waals surface area contributed by atoms with E-state index in [2.05, 4.69) is 35.9 Å². The number of nitrogens with zero attached hydrogens (tertiary/aromatic N) is 2. The van der Waals surface area contributed by atoms with Crippen LogP contribution in [0.15, 0.2) is 28.7 Å². The minimum absolute atomic E-state index is 0.466. The van der Waals surface area contributed by atoms with E-state index in [0.717, 1.165) is 37.5 Å². The van der Waals surface area contributed by atoms with Gasteiger partial charge in [0, 0.05) is 43.2 Å². The molecule has 1 aliphatic heterocycles. The molecule has 0 aliphatic carbocycles. The molecule has 0 amide bonds. The highest BCUT2D eigenvalue weighted by atomic mass is 16.3. The van der Waals surface area contributed by atoms with Gasteiger partial charge in [0.1, 0.15) is 11.3 Å². The first-order valence-corrected chi connectivity index (χ1v) is 7.31. The lowest BCUT2D eigenvalue weighted by Gasteiger charge is -2.37. The van der Waals surface area contributed by atoms with E-state index in [9.17, 15) is 0 Å². The van der Waals surface area contributed by atoms with Crippen LogP contribution in [0.3, 0.4) is 0 Å². The summed E-state index contributed by atoms with van der Waals surface area (Å²) in [4.78, 5) is 4.91. The van der Waals surface area contributed by atoms with Gasteiger partial charge in [-0.1, -0.05) is 18.2 Å². The number of likely N-dealkylation sites (N-methyl/N-ethyl adjacent to an activating group) is 1. The van der Waals surface area contributed by atoms with Crippen LogP contribution in [0.2, 0.25) is 0 Å². The molecule has 4 nitrogen and oxygen atoms in total. The smallest absolute Gasteiger partial charge is 0.134 e. The predicted octanol–water partition coefficient (Wildman–Crippen LogP) is 2.03. The van der Waals surface area contributed by atoms with E-state index in [-0.39, 0.29) is 0 Å². The molecule has 1 aliphatic rings. The Morgan fingerprint density at radius 3 is 2.85 bits per heavy atom. The summed E-state index contributed by atoms with van der Waals surface area (Å²) in [6.45, 7) is 7.00. The van der Waals surface area contributed by atoms with Crippen molar-refractivity contribution in [1.82, 2.24) is 9.80 Å². The SMILES string of the molecule is CC1CN(Cc2c(CN)oc3ccccc23)CCN1C. The lowest BCUT2D eigenvalue weighted by molar-refractivity contribution is 0.0998. The van der Waals surface area contributed by atoms with Crippen LogP contribution >= 0.6 is 0 Å². The maximum Gasteiger partial charge on any atom is 0.134 e. The average Bonchev–Trinajstić information content (AvgIpc) is 2.81. The third kappa shape index (κ3) is 2.46. The molecule has 2 N–H and O–H groups in total. The first kappa shape index (κ1) is 13.6. The van der Waals surface area contributed by atoms with E-state index in [1.54, 1.807) is 0 Å². The first-order chi connectivity index (χ1) is 9.69. The minimum atomic E-state index is 0.466. The normalized spacial score (nSPS) is 21.6. The van der Waals surface area contributed by atoms with Crippen LogP contribution in [0.5, 0.6) is 0 Å². The number of furan rings is 1. The Labute approximate surface area is 120 Å². The number of fused-ring (bicyclic) bond motifs is 1. The zero-order valence-electron chi connectivity index (χ0n) is 12.3. The molecule has 0 radical (unpaired) electrons. The van der Waals surface area contributed by atoms with Crippen LogP contribution in [0.25, 0.3) is 11.0 Å². The van der Waals surface area contributed by atoms with Crippen molar-refractivity contribution in [2.75, 3.05) is 26.7 Å². The van der Waals surface area contributed by atoms with Gasteiger partial charge in [-0.2, -0.15) is 0 Å². The van der Waals surface area contributed by atoms with E-state index < -0.39 is 0 Å². The van der Waals surface area contributed by atoms with Crippen molar-refractivity contribution < 1.29 is 4.42 Å². The zero-order chi connectivity index (χ0) is 14.1. The van der Waals surface area contributed by atoms with Crippen molar-refractivity contribution in [1.29, 1.82) is 0 Å². The van der Waals surface area contributed by atoms with E-state index in [0.29, 0.717) is 12.6 Å². The maximum atomic E-state index is 5.88. The second-order valence-electron chi connectivity index (χ2n) is 5.77. The van der Waals surface area contributed by atoms with Gasteiger partial charge in [0.15, 0.2) is 0 Å². The Hall–Kier alpha value is -1.36. The van der Waals surface area contributed by atoms with E-state index in [4.69, 9.17) is 10.2 Å². The zero-order valence-corrected chi connectivity index (χ0v) is 12.3. The Balaban J connectivity index is 1.86. The number of benzene rings is 1. The summed E-state index contributed by atoms with van der Waals surface area (Å²) >= 11 is 0. The van der Waals surface area contributed by atoms with Crippen LogP contribution in [0.1, 0.15) is 18.2 Å². The quantitative estimate of drug-likeness (QED) is 0.929. The predicted molar refractivity (Wildman–Crippen MR) is 81.5 cm³/mol. The Bertz CT molecular complexity index is 592. The number of hydrogen-bond donors (Lipinski definition) is 1. The Kier molecular flexibility index (Phi) is 3.78. The van der Waals surface area contributed by atoms with Crippen LogP contribution in [0.4, 0.5) is 0 Å². The first-order valence-electron chi connectivity index (χ1n) is 7.31. The standard InChI is InChI=1S/C16H23N3O/c1-12-10-19(8-7-18(12)2)11-14-13-5-3-4-6-15(13)20-16(14)9-17/h3-6,12H,7-11,17H2,1-2H3. The highest BCUT2D eigenvalue weighted by Gasteiger charge is 2.23. The van der Waals surface area contributed by atoms with Crippen molar-refractivity contribution >= 4 is 11.0 Å². The monoisotopic (exact) mass is 273 g/mol. The third-order valence-electron chi connectivity index (χ3n) is 4.39. The summed E-state index contributed by atoms with van der Waals surface area (Å²) in [7, 11) is 2.20. The molecule has 1 atom stereocenters. The topological polar surface area (TPSA) is 45.6 Å². The maximum absolute atomic E-state index is 5.88. The third-order valence-corrected chi connectivity index (χ3v) is 4.39. The van der Waals surface area contributed by atoms with Gasteiger partial charge < -0.3 is 15.1 Å². The molecule has 2 aromatic rings. The average molecular weight is 273 g/mol. The fourth-order valence-corrected chi connectivity index (χ4v) is 2.98. The summed E-state index contributed by atoms with van der Waals surface area (Å²) in [5.41, 5.74) is 8.06. The fraction of sp³-hybridized carbons (Fsp3) is 0.500. The van der Waals surface area contributed by atoms with Crippen LogP contribution < -0.4 is 5.73 Å². The fourth-order valence-electron chi connectivity index (χ4n) is 2.98. The molecule has 1 aromatic carbocycles.